The molecule has 0 unspecified atom stereocenters. The molecule has 0 bridgehead atoms. The second-order valence-electron chi connectivity index (χ2n) is 2.15. The first kappa shape index (κ1) is 5.35. The van der Waals surface area contributed by atoms with Crippen LogP contribution in [-0.2, 0) is 0 Å². The van der Waals surface area contributed by atoms with Crippen LogP contribution in [0.5, 0.6) is 0 Å². The molecule has 2 nitrogen and oxygen atoms in total. The maximum absolute atomic E-state index is 3.10. The molecule has 0 spiro atoms. The largest absolute Gasteiger partial charge is 0.348 e. The predicted molar refractivity (Wildman–Crippen MR) is 40.1 cm³/mol. The average molecular weight is 132 g/mol. The van der Waals surface area contributed by atoms with Crippen LogP contribution in [0.4, 0.5) is 0 Å². The lowest BCUT2D eigenvalue weighted by atomic mass is 10.6. The number of aromatic nitrogens is 2. The molecule has 2 rings (SSSR count). The molecule has 0 aromatic carbocycles. The van der Waals surface area contributed by atoms with Crippen molar-refractivity contribution in [3.8, 4) is 5.82 Å². The van der Waals surface area contributed by atoms with Crippen molar-refractivity contribution in [1.82, 2.24) is 9.55 Å². The van der Waals surface area contributed by atoms with E-state index in [1.165, 1.54) is 0 Å². The summed E-state index contributed by atoms with van der Waals surface area (Å²) in [6.45, 7) is 0. The Morgan fingerprint density at radius 1 is 1.10 bits per heavy atom. The Labute approximate surface area is 59.1 Å². The molecular weight excluding hydrogens is 124 g/mol. The maximum atomic E-state index is 3.10. The molecule has 0 aliphatic heterocycles. The zero-order valence-corrected chi connectivity index (χ0v) is 5.49. The predicted octanol–water partition coefficient (Wildman–Crippen LogP) is 1.81. The van der Waals surface area contributed by atoms with Gasteiger partial charge in [0, 0.05) is 18.6 Å². The van der Waals surface area contributed by atoms with E-state index in [1.807, 2.05) is 47.4 Å². The monoisotopic (exact) mass is 132 g/mol. The van der Waals surface area contributed by atoms with Gasteiger partial charge in [-0.05, 0) is 24.3 Å². The van der Waals surface area contributed by atoms with Gasteiger partial charge in [0.05, 0.1) is 0 Å². The van der Waals surface area contributed by atoms with Crippen LogP contribution in [0.3, 0.4) is 0 Å². The Kier molecular flexibility index (Phi) is 1.10. The highest BCUT2D eigenvalue weighted by atomic mass is 15.0. The molecule has 2 heteroatoms. The average Bonchev–Trinajstić information content (AvgIpc) is 2.59. The number of rotatable bonds is 1. The van der Waals surface area contributed by atoms with E-state index in [4.69, 9.17) is 0 Å². The van der Waals surface area contributed by atoms with Crippen molar-refractivity contribution < 1.29 is 0 Å². The third-order valence-corrected chi connectivity index (χ3v) is 1.46. The molecule has 0 aliphatic carbocycles. The maximum Gasteiger partial charge on any atom is 0.113 e. The van der Waals surface area contributed by atoms with E-state index in [9.17, 15) is 0 Å². The third-order valence-electron chi connectivity index (χ3n) is 1.46. The van der Waals surface area contributed by atoms with Crippen molar-refractivity contribution in [2.45, 2.75) is 0 Å². The fraction of sp³-hybridized carbons (Fsp3) is 0. The summed E-state index contributed by atoms with van der Waals surface area (Å²) in [5.41, 5.74) is 0. The van der Waals surface area contributed by atoms with Crippen LogP contribution in [-0.4, -0.2) is 9.55 Å². The lowest BCUT2D eigenvalue weighted by Gasteiger charge is -1.94. The molecule has 0 amide bonds. The molecule has 0 radical (unpaired) electrons. The second kappa shape index (κ2) is 2.06. The summed E-state index contributed by atoms with van der Waals surface area (Å²) in [7, 11) is 0. The summed E-state index contributed by atoms with van der Waals surface area (Å²) in [4.78, 5) is 3.10. The molecule has 0 aliphatic rings. The van der Waals surface area contributed by atoms with E-state index in [0.717, 1.165) is 5.82 Å². The van der Waals surface area contributed by atoms with Gasteiger partial charge in [0.25, 0.3) is 0 Å². The topological polar surface area (TPSA) is 20.7 Å². The van der Waals surface area contributed by atoms with Crippen molar-refractivity contribution in [1.29, 1.82) is 0 Å². The highest BCUT2D eigenvalue weighted by molar-refractivity contribution is 5.23. The number of nitrogens with zero attached hydrogens (tertiary/aromatic N) is 1. The number of aromatic amines is 1. The van der Waals surface area contributed by atoms with Gasteiger partial charge in [-0.25, -0.2) is 0 Å². The zero-order valence-electron chi connectivity index (χ0n) is 5.49. The zero-order chi connectivity index (χ0) is 6.81. The van der Waals surface area contributed by atoms with Crippen molar-refractivity contribution in [3.05, 3.63) is 42.9 Å². The molecule has 2 heterocycles. The summed E-state index contributed by atoms with van der Waals surface area (Å²) < 4.78 is 2.03. The lowest BCUT2D eigenvalue weighted by molar-refractivity contribution is 1.03. The van der Waals surface area contributed by atoms with Crippen LogP contribution in [0.1, 0.15) is 0 Å². The quantitative estimate of drug-likeness (QED) is 0.610. The van der Waals surface area contributed by atoms with Crippen molar-refractivity contribution in [2.24, 2.45) is 0 Å². The summed E-state index contributed by atoms with van der Waals surface area (Å²) in [6, 6.07) is 8.01. The normalized spacial score (nSPS) is 10.0. The molecule has 0 saturated heterocycles. The summed E-state index contributed by atoms with van der Waals surface area (Å²) >= 11 is 0. The van der Waals surface area contributed by atoms with Gasteiger partial charge in [0.2, 0.25) is 0 Å². The molecule has 0 atom stereocenters. The minimum Gasteiger partial charge on any atom is -0.348 e. The van der Waals surface area contributed by atoms with Crippen LogP contribution >= 0.6 is 0 Å². The van der Waals surface area contributed by atoms with E-state index in [1.54, 1.807) is 0 Å². The van der Waals surface area contributed by atoms with Crippen LogP contribution < -0.4 is 0 Å². The van der Waals surface area contributed by atoms with Crippen LogP contribution in [0, 0.1) is 0 Å². The lowest BCUT2D eigenvalue weighted by Crippen LogP contribution is -1.87. The minimum atomic E-state index is 1.10. The summed E-state index contributed by atoms with van der Waals surface area (Å²) in [5.74, 6) is 1.10. The van der Waals surface area contributed by atoms with Crippen molar-refractivity contribution in [2.75, 3.05) is 0 Å². The van der Waals surface area contributed by atoms with E-state index in [2.05, 4.69) is 4.98 Å². The van der Waals surface area contributed by atoms with Gasteiger partial charge < -0.3 is 9.55 Å². The molecule has 2 aromatic rings. The highest BCUT2D eigenvalue weighted by Gasteiger charge is 1.90. The van der Waals surface area contributed by atoms with Crippen molar-refractivity contribution >= 4 is 0 Å². The van der Waals surface area contributed by atoms with Gasteiger partial charge in [-0.1, -0.05) is 0 Å². The van der Waals surface area contributed by atoms with Gasteiger partial charge in [-0.2, -0.15) is 0 Å². The second-order valence-corrected chi connectivity index (χ2v) is 2.15. The molecule has 0 saturated carbocycles. The highest BCUT2D eigenvalue weighted by Crippen LogP contribution is 2.02. The molecular formula is C8H8N2. The van der Waals surface area contributed by atoms with Gasteiger partial charge >= 0.3 is 0 Å². The van der Waals surface area contributed by atoms with Gasteiger partial charge in [0.1, 0.15) is 5.82 Å². The van der Waals surface area contributed by atoms with E-state index < -0.39 is 0 Å². The molecule has 1 N–H and O–H groups in total. The van der Waals surface area contributed by atoms with Gasteiger partial charge in [-0.15, -0.1) is 0 Å². The first-order valence-electron chi connectivity index (χ1n) is 3.23. The molecule has 2 aromatic heterocycles. The molecule has 0 fully saturated rings. The first-order valence-corrected chi connectivity index (χ1v) is 3.23. The van der Waals surface area contributed by atoms with E-state index in [0.29, 0.717) is 0 Å². The van der Waals surface area contributed by atoms with E-state index >= 15 is 0 Å². The Morgan fingerprint density at radius 2 is 1.90 bits per heavy atom. The first-order chi connectivity index (χ1) is 4.97. The smallest absolute Gasteiger partial charge is 0.113 e. The van der Waals surface area contributed by atoms with Crippen LogP contribution in [0.2, 0.25) is 0 Å². The fourth-order valence-electron chi connectivity index (χ4n) is 0.977. The Balaban J connectivity index is 2.48. The van der Waals surface area contributed by atoms with Crippen LogP contribution in [0.25, 0.3) is 5.82 Å². The van der Waals surface area contributed by atoms with Crippen molar-refractivity contribution in [3.63, 3.8) is 0 Å². The Bertz CT molecular complexity index is 247. The standard InChI is InChI=1S/C8H8N2/c1-2-7-10(6-1)8-4-3-5-9-8/h1-7,9H. The van der Waals surface area contributed by atoms with Gasteiger partial charge in [0.15, 0.2) is 0 Å². The summed E-state index contributed by atoms with van der Waals surface area (Å²) in [5, 5.41) is 0. The third kappa shape index (κ3) is 0.739. The van der Waals surface area contributed by atoms with Crippen LogP contribution in [0.15, 0.2) is 42.9 Å². The minimum absolute atomic E-state index is 1.10. The van der Waals surface area contributed by atoms with E-state index in [-0.39, 0.29) is 0 Å². The summed E-state index contributed by atoms with van der Waals surface area (Å²) in [6.07, 6.45) is 5.92. The van der Waals surface area contributed by atoms with Gasteiger partial charge in [-0.3, -0.25) is 0 Å². The Hall–Kier alpha value is -1.44. The fourth-order valence-corrected chi connectivity index (χ4v) is 0.977. The molecule has 50 valence electrons. The Morgan fingerprint density at radius 3 is 2.50 bits per heavy atom. The number of hydrogen-bond donors (Lipinski definition) is 1. The SMILES string of the molecule is c1c[nH]c(-n2cccc2)c1. The number of H-pyrrole nitrogens is 1. The number of nitrogens with one attached hydrogen (secondary N) is 1. The molecule has 10 heavy (non-hydrogen) atoms. The number of hydrogen-bond acceptors (Lipinski definition) is 0.